The van der Waals surface area contributed by atoms with E-state index in [9.17, 15) is 9.59 Å². The van der Waals surface area contributed by atoms with Crippen LogP contribution < -0.4 is 10.5 Å². The third-order valence-corrected chi connectivity index (χ3v) is 2.24. The molecular weight excluding hydrogens is 242 g/mol. The molecule has 1 aromatic heterocycles. The number of hydrogen-bond donors (Lipinski definition) is 2. The minimum absolute atomic E-state index is 0.136. The number of fused-ring (bicyclic) bond motifs is 1. The molecule has 94 valence electrons. The van der Waals surface area contributed by atoms with Gasteiger partial charge in [0.2, 0.25) is 0 Å². The molecule has 0 saturated heterocycles. The molecule has 3 N–H and O–H groups in total. The Kier molecular flexibility index (Phi) is 2.76. The largest absolute Gasteiger partial charge is 0.465 e. The van der Waals surface area contributed by atoms with Crippen molar-refractivity contribution in [2.24, 2.45) is 0 Å². The molecule has 0 bridgehead atoms. The molecule has 18 heavy (non-hydrogen) atoms. The molecule has 0 aliphatic heterocycles. The summed E-state index contributed by atoms with van der Waals surface area (Å²) in [5.41, 5.74) is 5.86. The molecule has 0 aliphatic rings. The second-order valence-corrected chi connectivity index (χ2v) is 3.44. The van der Waals surface area contributed by atoms with Gasteiger partial charge in [-0.15, -0.1) is 0 Å². The second-order valence-electron chi connectivity index (χ2n) is 3.44. The predicted octanol–water partition coefficient (Wildman–Crippen LogP) is 1.52. The molecule has 8 nitrogen and oxygen atoms in total. The maximum atomic E-state index is 11.3. The van der Waals surface area contributed by atoms with E-state index in [1.807, 2.05) is 0 Å². The van der Waals surface area contributed by atoms with Crippen LogP contribution in [0.25, 0.3) is 11.0 Å². The summed E-state index contributed by atoms with van der Waals surface area (Å²) in [5, 5.41) is 12.7. The number of aromatic nitrogens is 1. The van der Waals surface area contributed by atoms with Crippen molar-refractivity contribution in [3.05, 3.63) is 18.2 Å². The molecule has 2 amide bonds. The minimum atomic E-state index is -1.41. The van der Waals surface area contributed by atoms with Crippen LogP contribution in [0.1, 0.15) is 0 Å². The fourth-order valence-electron chi connectivity index (χ4n) is 1.25. The highest BCUT2D eigenvalue weighted by Crippen LogP contribution is 2.25. The molecule has 2 rings (SSSR count). The molecule has 1 aromatic carbocycles. The Morgan fingerprint density at radius 2 is 2.22 bits per heavy atom. The number of benzene rings is 1. The number of carbonyl (C=O) groups excluding carboxylic acids is 1. The number of ether oxygens (including phenoxy) is 1. The lowest BCUT2D eigenvalue weighted by atomic mass is 10.2. The standard InChI is InChI=1S/C10H9N3O5/c1-13(9(14)15)10(16)17-5-2-3-6-7(4-5)18-12-8(6)11/h2-4H,1H3,(H2,11,12)(H,14,15). The molecule has 1 heterocycles. The van der Waals surface area contributed by atoms with Crippen LogP contribution in [-0.4, -0.2) is 34.4 Å². The topological polar surface area (TPSA) is 119 Å². The lowest BCUT2D eigenvalue weighted by Crippen LogP contribution is -2.34. The smallest absolute Gasteiger partial charge is 0.424 e. The number of carboxylic acid groups (broad SMARTS) is 1. The number of nitrogens with two attached hydrogens (primary N) is 1. The van der Waals surface area contributed by atoms with Gasteiger partial charge < -0.3 is 20.1 Å². The van der Waals surface area contributed by atoms with Gasteiger partial charge in [0.15, 0.2) is 11.4 Å². The number of imide groups is 1. The summed E-state index contributed by atoms with van der Waals surface area (Å²) in [6.07, 6.45) is -2.43. The van der Waals surface area contributed by atoms with Crippen LogP contribution in [0.3, 0.4) is 0 Å². The van der Waals surface area contributed by atoms with E-state index in [2.05, 4.69) is 5.16 Å². The van der Waals surface area contributed by atoms with Gasteiger partial charge in [0.1, 0.15) is 5.75 Å². The van der Waals surface area contributed by atoms with Crippen LogP contribution in [0.15, 0.2) is 22.7 Å². The molecule has 0 fully saturated rings. The maximum absolute atomic E-state index is 11.3. The molecular formula is C10H9N3O5. The van der Waals surface area contributed by atoms with Gasteiger partial charge in [0.05, 0.1) is 5.39 Å². The molecule has 0 unspecified atom stereocenters. The zero-order valence-electron chi connectivity index (χ0n) is 9.28. The van der Waals surface area contributed by atoms with Crippen molar-refractivity contribution >= 4 is 29.0 Å². The number of carbonyl (C=O) groups is 2. The van der Waals surface area contributed by atoms with Gasteiger partial charge in [0, 0.05) is 13.1 Å². The number of anilines is 1. The zero-order valence-corrected chi connectivity index (χ0v) is 9.28. The monoisotopic (exact) mass is 251 g/mol. The summed E-state index contributed by atoms with van der Waals surface area (Å²) in [4.78, 5) is 22.3. The maximum Gasteiger partial charge on any atom is 0.424 e. The van der Waals surface area contributed by atoms with Gasteiger partial charge >= 0.3 is 12.2 Å². The Labute approximate surface area is 101 Å². The Morgan fingerprint density at radius 1 is 1.50 bits per heavy atom. The van der Waals surface area contributed by atoms with Crippen molar-refractivity contribution in [1.82, 2.24) is 10.1 Å². The van der Waals surface area contributed by atoms with Crippen molar-refractivity contribution in [3.63, 3.8) is 0 Å². The van der Waals surface area contributed by atoms with Crippen molar-refractivity contribution in [1.29, 1.82) is 0 Å². The van der Waals surface area contributed by atoms with Crippen molar-refractivity contribution < 1.29 is 24.0 Å². The molecule has 0 saturated carbocycles. The number of amides is 2. The zero-order chi connectivity index (χ0) is 13.3. The Bertz CT molecular complexity index is 621. The van der Waals surface area contributed by atoms with E-state index in [1.165, 1.54) is 12.1 Å². The van der Waals surface area contributed by atoms with E-state index in [0.717, 1.165) is 7.05 Å². The van der Waals surface area contributed by atoms with E-state index in [4.69, 9.17) is 20.1 Å². The van der Waals surface area contributed by atoms with E-state index < -0.39 is 12.2 Å². The van der Waals surface area contributed by atoms with Crippen molar-refractivity contribution in [2.45, 2.75) is 0 Å². The summed E-state index contributed by atoms with van der Waals surface area (Å²) in [7, 11) is 1.08. The van der Waals surface area contributed by atoms with Gasteiger partial charge in [-0.2, -0.15) is 0 Å². The second kappa shape index (κ2) is 4.24. The first-order valence-electron chi connectivity index (χ1n) is 4.82. The quantitative estimate of drug-likeness (QED) is 0.788. The summed E-state index contributed by atoms with van der Waals surface area (Å²) in [6.45, 7) is 0. The van der Waals surface area contributed by atoms with Crippen LogP contribution in [0.5, 0.6) is 5.75 Å². The van der Waals surface area contributed by atoms with Crippen LogP contribution in [0.4, 0.5) is 15.4 Å². The molecule has 2 aromatic rings. The number of hydrogen-bond acceptors (Lipinski definition) is 6. The van der Waals surface area contributed by atoms with E-state index in [-0.39, 0.29) is 11.6 Å². The van der Waals surface area contributed by atoms with Gasteiger partial charge in [-0.05, 0) is 12.1 Å². The van der Waals surface area contributed by atoms with Crippen LogP contribution in [-0.2, 0) is 0 Å². The molecule has 0 aliphatic carbocycles. The van der Waals surface area contributed by atoms with Crippen LogP contribution in [0.2, 0.25) is 0 Å². The normalized spacial score (nSPS) is 10.3. The summed E-state index contributed by atoms with van der Waals surface area (Å²) < 4.78 is 9.71. The number of nitrogens with zero attached hydrogens (tertiary/aromatic N) is 2. The molecule has 0 radical (unpaired) electrons. The summed E-state index contributed by atoms with van der Waals surface area (Å²) in [5.74, 6) is 0.363. The van der Waals surface area contributed by atoms with E-state index in [1.54, 1.807) is 6.07 Å². The highest BCUT2D eigenvalue weighted by Gasteiger charge is 2.18. The van der Waals surface area contributed by atoms with Crippen molar-refractivity contribution in [3.8, 4) is 5.75 Å². The highest BCUT2D eigenvalue weighted by atomic mass is 16.6. The third-order valence-electron chi connectivity index (χ3n) is 2.24. The van der Waals surface area contributed by atoms with E-state index in [0.29, 0.717) is 15.9 Å². The van der Waals surface area contributed by atoms with Gasteiger partial charge in [-0.25, -0.2) is 14.5 Å². The SMILES string of the molecule is CN(C(=O)O)C(=O)Oc1ccc2c(N)noc2c1. The Morgan fingerprint density at radius 3 is 2.89 bits per heavy atom. The minimum Gasteiger partial charge on any atom is -0.465 e. The van der Waals surface area contributed by atoms with E-state index >= 15 is 0 Å². The van der Waals surface area contributed by atoms with Crippen LogP contribution in [0, 0.1) is 0 Å². The molecule has 8 heteroatoms. The first-order valence-corrected chi connectivity index (χ1v) is 4.82. The summed E-state index contributed by atoms with van der Waals surface area (Å²) >= 11 is 0. The van der Waals surface area contributed by atoms with Gasteiger partial charge in [-0.3, -0.25) is 0 Å². The van der Waals surface area contributed by atoms with Crippen LogP contribution >= 0.6 is 0 Å². The average molecular weight is 251 g/mol. The van der Waals surface area contributed by atoms with Crippen molar-refractivity contribution in [2.75, 3.05) is 12.8 Å². The number of nitrogen functional groups attached to an aromatic ring is 1. The molecule has 0 spiro atoms. The lowest BCUT2D eigenvalue weighted by molar-refractivity contribution is 0.136. The Balaban J connectivity index is 2.22. The van der Waals surface area contributed by atoms with Gasteiger partial charge in [-0.1, -0.05) is 5.16 Å². The fourth-order valence-corrected chi connectivity index (χ4v) is 1.25. The Hall–Kier alpha value is -2.77. The molecule has 0 atom stereocenters. The lowest BCUT2D eigenvalue weighted by Gasteiger charge is -2.10. The summed E-state index contributed by atoms with van der Waals surface area (Å²) in [6, 6.07) is 4.42. The predicted molar refractivity (Wildman–Crippen MR) is 60.2 cm³/mol. The fraction of sp³-hybridized carbons (Fsp3) is 0.100. The average Bonchev–Trinajstić information content (AvgIpc) is 2.69. The highest BCUT2D eigenvalue weighted by molar-refractivity contribution is 5.90. The number of rotatable bonds is 1. The van der Waals surface area contributed by atoms with Gasteiger partial charge in [0.25, 0.3) is 0 Å². The first-order chi connectivity index (χ1) is 8.49. The first kappa shape index (κ1) is 11.7. The third kappa shape index (κ3) is 2.03.